The van der Waals surface area contributed by atoms with Crippen molar-refractivity contribution in [1.82, 2.24) is 4.98 Å². The van der Waals surface area contributed by atoms with Crippen molar-refractivity contribution in [3.63, 3.8) is 0 Å². The van der Waals surface area contributed by atoms with Gasteiger partial charge in [0.2, 0.25) is 5.88 Å². The standard InChI is InChI=1S/C16H19ClN2O/c1-3-15(12-5-7-13(17)8-6-12)19-14-9-10-16(18-11-14)20-4-2/h5-11,15,19H,3-4H2,1-2H3. The number of anilines is 1. The first kappa shape index (κ1) is 14.7. The topological polar surface area (TPSA) is 34.1 Å². The highest BCUT2D eigenvalue weighted by Crippen LogP contribution is 2.24. The number of hydrogen-bond acceptors (Lipinski definition) is 3. The van der Waals surface area contributed by atoms with Crippen LogP contribution < -0.4 is 10.1 Å². The molecule has 0 fully saturated rings. The molecular formula is C16H19ClN2O. The summed E-state index contributed by atoms with van der Waals surface area (Å²) < 4.78 is 5.34. The molecular weight excluding hydrogens is 272 g/mol. The molecule has 0 amide bonds. The summed E-state index contributed by atoms with van der Waals surface area (Å²) in [6.45, 7) is 4.72. The normalized spacial score (nSPS) is 11.9. The molecule has 1 unspecified atom stereocenters. The van der Waals surface area contributed by atoms with E-state index in [9.17, 15) is 0 Å². The highest BCUT2D eigenvalue weighted by molar-refractivity contribution is 6.30. The molecule has 0 aliphatic rings. The molecule has 4 heteroatoms. The molecule has 1 heterocycles. The van der Waals surface area contributed by atoms with E-state index in [1.54, 1.807) is 6.20 Å². The van der Waals surface area contributed by atoms with Gasteiger partial charge in [0.1, 0.15) is 0 Å². The SMILES string of the molecule is CCOc1ccc(NC(CC)c2ccc(Cl)cc2)cn1. The van der Waals surface area contributed by atoms with E-state index in [1.807, 2.05) is 43.3 Å². The molecule has 1 aromatic carbocycles. The maximum atomic E-state index is 5.92. The van der Waals surface area contributed by atoms with Crippen molar-refractivity contribution in [1.29, 1.82) is 0 Å². The lowest BCUT2D eigenvalue weighted by atomic mass is 10.0. The fraction of sp³-hybridized carbons (Fsp3) is 0.312. The lowest BCUT2D eigenvalue weighted by Crippen LogP contribution is -2.09. The van der Waals surface area contributed by atoms with Gasteiger partial charge in [0, 0.05) is 11.1 Å². The zero-order valence-corrected chi connectivity index (χ0v) is 12.5. The summed E-state index contributed by atoms with van der Waals surface area (Å²) >= 11 is 5.92. The van der Waals surface area contributed by atoms with Gasteiger partial charge in [-0.25, -0.2) is 4.98 Å². The van der Waals surface area contributed by atoms with Crippen molar-refractivity contribution >= 4 is 17.3 Å². The number of aromatic nitrogens is 1. The van der Waals surface area contributed by atoms with Crippen molar-refractivity contribution < 1.29 is 4.74 Å². The Morgan fingerprint density at radius 1 is 1.15 bits per heavy atom. The van der Waals surface area contributed by atoms with Crippen molar-refractivity contribution in [2.24, 2.45) is 0 Å². The second-order valence-electron chi connectivity index (χ2n) is 4.47. The summed E-state index contributed by atoms with van der Waals surface area (Å²) in [6, 6.07) is 12.0. The molecule has 0 saturated carbocycles. The summed E-state index contributed by atoms with van der Waals surface area (Å²) in [5.74, 6) is 0.651. The predicted octanol–water partition coefficient (Wildman–Crippen LogP) is 4.70. The number of ether oxygens (including phenoxy) is 1. The molecule has 2 aromatic rings. The van der Waals surface area contributed by atoms with E-state index in [0.717, 1.165) is 17.1 Å². The molecule has 0 spiro atoms. The maximum absolute atomic E-state index is 5.92. The lowest BCUT2D eigenvalue weighted by Gasteiger charge is -2.18. The van der Waals surface area contributed by atoms with E-state index in [1.165, 1.54) is 5.56 Å². The Bertz CT molecular complexity index is 525. The third-order valence-electron chi connectivity index (χ3n) is 3.05. The van der Waals surface area contributed by atoms with Crippen LogP contribution in [0.15, 0.2) is 42.6 Å². The second kappa shape index (κ2) is 7.15. The van der Waals surface area contributed by atoms with Gasteiger partial charge in [-0.15, -0.1) is 0 Å². The number of nitrogens with zero attached hydrogens (tertiary/aromatic N) is 1. The van der Waals surface area contributed by atoms with Crippen LogP contribution >= 0.6 is 11.6 Å². The maximum Gasteiger partial charge on any atom is 0.213 e. The van der Waals surface area contributed by atoms with Crippen LogP contribution in [-0.4, -0.2) is 11.6 Å². The van der Waals surface area contributed by atoms with Gasteiger partial charge in [-0.1, -0.05) is 30.7 Å². The summed E-state index contributed by atoms with van der Waals surface area (Å²) in [6.07, 6.45) is 2.78. The molecule has 2 rings (SSSR count). The smallest absolute Gasteiger partial charge is 0.213 e. The molecule has 0 aliphatic carbocycles. The average molecular weight is 291 g/mol. The van der Waals surface area contributed by atoms with Gasteiger partial charge in [0.05, 0.1) is 24.5 Å². The van der Waals surface area contributed by atoms with E-state index in [0.29, 0.717) is 12.5 Å². The van der Waals surface area contributed by atoms with Gasteiger partial charge in [0.25, 0.3) is 0 Å². The third kappa shape index (κ3) is 3.87. The van der Waals surface area contributed by atoms with Crippen molar-refractivity contribution in [2.75, 3.05) is 11.9 Å². The molecule has 0 radical (unpaired) electrons. The summed E-state index contributed by atoms with van der Waals surface area (Å²) in [5, 5.41) is 4.23. The van der Waals surface area contributed by atoms with Gasteiger partial charge in [-0.2, -0.15) is 0 Å². The van der Waals surface area contributed by atoms with E-state index in [-0.39, 0.29) is 6.04 Å². The molecule has 3 nitrogen and oxygen atoms in total. The Morgan fingerprint density at radius 2 is 1.90 bits per heavy atom. The molecule has 0 bridgehead atoms. The first-order chi connectivity index (χ1) is 9.72. The number of pyridine rings is 1. The minimum absolute atomic E-state index is 0.243. The second-order valence-corrected chi connectivity index (χ2v) is 4.91. The van der Waals surface area contributed by atoms with Gasteiger partial charge >= 0.3 is 0 Å². The average Bonchev–Trinajstić information content (AvgIpc) is 2.48. The molecule has 0 saturated heterocycles. The lowest BCUT2D eigenvalue weighted by molar-refractivity contribution is 0.327. The number of halogens is 1. The summed E-state index contributed by atoms with van der Waals surface area (Å²) in [5.41, 5.74) is 2.20. The Kier molecular flexibility index (Phi) is 5.24. The Hall–Kier alpha value is -1.74. The molecule has 1 N–H and O–H groups in total. The van der Waals surface area contributed by atoms with Crippen LogP contribution in [0.25, 0.3) is 0 Å². The molecule has 20 heavy (non-hydrogen) atoms. The molecule has 1 aromatic heterocycles. The van der Waals surface area contributed by atoms with Crippen molar-refractivity contribution in [2.45, 2.75) is 26.3 Å². The van der Waals surface area contributed by atoms with Crippen LogP contribution in [0.2, 0.25) is 5.02 Å². The van der Waals surface area contributed by atoms with Gasteiger partial charge in [-0.3, -0.25) is 0 Å². The third-order valence-corrected chi connectivity index (χ3v) is 3.30. The highest BCUT2D eigenvalue weighted by atomic mass is 35.5. The van der Waals surface area contributed by atoms with Crippen LogP contribution in [0.3, 0.4) is 0 Å². The Morgan fingerprint density at radius 3 is 2.45 bits per heavy atom. The quantitative estimate of drug-likeness (QED) is 0.837. The predicted molar refractivity (Wildman–Crippen MR) is 83.5 cm³/mol. The van der Waals surface area contributed by atoms with Crippen molar-refractivity contribution in [3.05, 3.63) is 53.2 Å². The van der Waals surface area contributed by atoms with E-state index >= 15 is 0 Å². The number of rotatable bonds is 6. The molecule has 1 atom stereocenters. The fourth-order valence-electron chi connectivity index (χ4n) is 2.02. The zero-order valence-electron chi connectivity index (χ0n) is 11.8. The largest absolute Gasteiger partial charge is 0.478 e. The van der Waals surface area contributed by atoms with Crippen LogP contribution in [0.1, 0.15) is 31.9 Å². The minimum Gasteiger partial charge on any atom is -0.478 e. The molecule has 0 aliphatic heterocycles. The van der Waals surface area contributed by atoms with Crippen molar-refractivity contribution in [3.8, 4) is 5.88 Å². The number of hydrogen-bond donors (Lipinski definition) is 1. The Labute approximate surface area is 124 Å². The van der Waals surface area contributed by atoms with Crippen LogP contribution in [0.5, 0.6) is 5.88 Å². The van der Waals surface area contributed by atoms with Crippen LogP contribution in [-0.2, 0) is 0 Å². The summed E-state index contributed by atoms with van der Waals surface area (Å²) in [7, 11) is 0. The fourth-order valence-corrected chi connectivity index (χ4v) is 2.14. The minimum atomic E-state index is 0.243. The monoisotopic (exact) mass is 290 g/mol. The zero-order chi connectivity index (χ0) is 14.4. The Balaban J connectivity index is 2.07. The first-order valence-electron chi connectivity index (χ1n) is 6.83. The van der Waals surface area contributed by atoms with E-state index in [2.05, 4.69) is 17.2 Å². The van der Waals surface area contributed by atoms with E-state index in [4.69, 9.17) is 16.3 Å². The van der Waals surface area contributed by atoms with Gasteiger partial charge < -0.3 is 10.1 Å². The molecule has 106 valence electrons. The van der Waals surface area contributed by atoms with E-state index < -0.39 is 0 Å². The summed E-state index contributed by atoms with van der Waals surface area (Å²) in [4.78, 5) is 4.26. The van der Waals surface area contributed by atoms with Gasteiger partial charge in [-0.05, 0) is 37.1 Å². The number of nitrogens with one attached hydrogen (secondary N) is 1. The van der Waals surface area contributed by atoms with Gasteiger partial charge in [0.15, 0.2) is 0 Å². The highest BCUT2D eigenvalue weighted by Gasteiger charge is 2.09. The first-order valence-corrected chi connectivity index (χ1v) is 7.21. The van der Waals surface area contributed by atoms with Crippen LogP contribution in [0, 0.1) is 0 Å². The number of benzene rings is 1. The van der Waals surface area contributed by atoms with Crippen LogP contribution in [0.4, 0.5) is 5.69 Å².